The van der Waals surface area contributed by atoms with Gasteiger partial charge in [0.05, 0.1) is 6.54 Å². The maximum atomic E-state index is 11.6. The Hall–Kier alpha value is -2.88. The molecule has 0 saturated heterocycles. The average molecular weight is 271 g/mol. The summed E-state index contributed by atoms with van der Waals surface area (Å²) in [4.78, 5) is 11.6. The SMILES string of the molecule is N#Cc1nncn1CC(=O)NCCOc1ccccc1. The number of rotatable bonds is 6. The summed E-state index contributed by atoms with van der Waals surface area (Å²) < 4.78 is 6.82. The van der Waals surface area contributed by atoms with Crippen LogP contribution in [0.5, 0.6) is 5.75 Å². The van der Waals surface area contributed by atoms with Gasteiger partial charge in [0.2, 0.25) is 11.7 Å². The van der Waals surface area contributed by atoms with Crippen LogP contribution in [0, 0.1) is 11.3 Å². The monoisotopic (exact) mass is 271 g/mol. The molecule has 0 atom stereocenters. The molecule has 1 aromatic carbocycles. The van der Waals surface area contributed by atoms with Gasteiger partial charge < -0.3 is 10.1 Å². The molecule has 0 aliphatic carbocycles. The van der Waals surface area contributed by atoms with Gasteiger partial charge in [-0.05, 0) is 12.1 Å². The highest BCUT2D eigenvalue weighted by atomic mass is 16.5. The summed E-state index contributed by atoms with van der Waals surface area (Å²) >= 11 is 0. The Bertz CT molecular complexity index is 603. The van der Waals surface area contributed by atoms with Crippen LogP contribution in [0.3, 0.4) is 0 Å². The van der Waals surface area contributed by atoms with Gasteiger partial charge in [-0.1, -0.05) is 18.2 Å². The Kier molecular flexibility index (Phi) is 4.67. The number of carbonyl (C=O) groups excluding carboxylic acids is 1. The van der Waals surface area contributed by atoms with Gasteiger partial charge >= 0.3 is 0 Å². The zero-order valence-corrected chi connectivity index (χ0v) is 10.7. The zero-order chi connectivity index (χ0) is 14.2. The van der Waals surface area contributed by atoms with E-state index >= 15 is 0 Å². The molecule has 0 bridgehead atoms. The van der Waals surface area contributed by atoms with Crippen molar-refractivity contribution in [2.45, 2.75) is 6.54 Å². The van der Waals surface area contributed by atoms with E-state index in [1.54, 1.807) is 0 Å². The Balaban J connectivity index is 1.70. The van der Waals surface area contributed by atoms with E-state index in [-0.39, 0.29) is 18.3 Å². The molecule has 20 heavy (non-hydrogen) atoms. The maximum absolute atomic E-state index is 11.6. The molecule has 1 amide bonds. The van der Waals surface area contributed by atoms with Gasteiger partial charge in [0.25, 0.3) is 0 Å². The van der Waals surface area contributed by atoms with E-state index < -0.39 is 0 Å². The number of benzene rings is 1. The highest BCUT2D eigenvalue weighted by Gasteiger charge is 2.07. The molecule has 0 aliphatic heterocycles. The molecule has 0 spiro atoms. The molecule has 1 heterocycles. The third kappa shape index (κ3) is 3.81. The van der Waals surface area contributed by atoms with Crippen molar-refractivity contribution in [2.75, 3.05) is 13.2 Å². The van der Waals surface area contributed by atoms with Crippen LogP contribution in [0.1, 0.15) is 5.82 Å². The standard InChI is InChI=1S/C13H13N5O2/c14-8-12-17-16-10-18(12)9-13(19)15-6-7-20-11-4-2-1-3-5-11/h1-5,10H,6-7,9H2,(H,15,19). The smallest absolute Gasteiger partial charge is 0.240 e. The number of hydrogen-bond acceptors (Lipinski definition) is 5. The first-order chi connectivity index (χ1) is 9.79. The number of nitrogens with one attached hydrogen (secondary N) is 1. The van der Waals surface area contributed by atoms with Gasteiger partial charge in [-0.3, -0.25) is 9.36 Å². The molecule has 7 nitrogen and oxygen atoms in total. The minimum atomic E-state index is -0.224. The van der Waals surface area contributed by atoms with Gasteiger partial charge in [-0.2, -0.15) is 5.26 Å². The minimum absolute atomic E-state index is 0.0151. The Morgan fingerprint density at radius 3 is 2.95 bits per heavy atom. The van der Waals surface area contributed by atoms with Crippen LogP contribution in [0.15, 0.2) is 36.7 Å². The van der Waals surface area contributed by atoms with Crippen molar-refractivity contribution >= 4 is 5.91 Å². The van der Waals surface area contributed by atoms with Crippen molar-refractivity contribution < 1.29 is 9.53 Å². The second-order valence-corrected chi connectivity index (χ2v) is 3.91. The second kappa shape index (κ2) is 6.89. The van der Waals surface area contributed by atoms with Crippen LogP contribution >= 0.6 is 0 Å². The van der Waals surface area contributed by atoms with Crippen molar-refractivity contribution in [1.29, 1.82) is 5.26 Å². The van der Waals surface area contributed by atoms with Crippen molar-refractivity contribution in [3.63, 3.8) is 0 Å². The number of aromatic nitrogens is 3. The van der Waals surface area contributed by atoms with Crippen LogP contribution in [0.2, 0.25) is 0 Å². The molecular formula is C13H13N5O2. The lowest BCUT2D eigenvalue weighted by Gasteiger charge is -2.08. The molecule has 7 heteroatoms. The normalized spacial score (nSPS) is 9.75. The lowest BCUT2D eigenvalue weighted by atomic mass is 10.3. The van der Waals surface area contributed by atoms with Crippen molar-refractivity contribution in [1.82, 2.24) is 20.1 Å². The molecule has 1 N–H and O–H groups in total. The molecule has 102 valence electrons. The summed E-state index contributed by atoms with van der Waals surface area (Å²) in [5.41, 5.74) is 0. The van der Waals surface area contributed by atoms with Gasteiger partial charge in [-0.15, -0.1) is 10.2 Å². The predicted molar refractivity (Wildman–Crippen MR) is 69.7 cm³/mol. The zero-order valence-electron chi connectivity index (χ0n) is 10.7. The lowest BCUT2D eigenvalue weighted by Crippen LogP contribution is -2.31. The highest BCUT2D eigenvalue weighted by Crippen LogP contribution is 2.07. The highest BCUT2D eigenvalue weighted by molar-refractivity contribution is 5.75. The molecule has 0 radical (unpaired) electrons. The first-order valence-electron chi connectivity index (χ1n) is 6.02. The van der Waals surface area contributed by atoms with Crippen LogP contribution in [0.4, 0.5) is 0 Å². The Morgan fingerprint density at radius 2 is 2.20 bits per heavy atom. The minimum Gasteiger partial charge on any atom is -0.492 e. The fraction of sp³-hybridized carbons (Fsp3) is 0.231. The van der Waals surface area contributed by atoms with Crippen molar-refractivity contribution in [3.8, 4) is 11.8 Å². The van der Waals surface area contributed by atoms with Crippen LogP contribution in [-0.2, 0) is 11.3 Å². The number of nitrogens with zero attached hydrogens (tertiary/aromatic N) is 4. The largest absolute Gasteiger partial charge is 0.492 e. The van der Waals surface area contributed by atoms with Crippen LogP contribution in [-0.4, -0.2) is 33.8 Å². The number of nitriles is 1. The van der Waals surface area contributed by atoms with Crippen molar-refractivity contribution in [2.24, 2.45) is 0 Å². The lowest BCUT2D eigenvalue weighted by molar-refractivity contribution is -0.121. The summed E-state index contributed by atoms with van der Waals surface area (Å²) in [6.07, 6.45) is 1.35. The number of para-hydroxylation sites is 1. The number of hydrogen-bond donors (Lipinski definition) is 1. The fourth-order valence-electron chi connectivity index (χ4n) is 1.54. The van der Waals surface area contributed by atoms with Crippen LogP contribution < -0.4 is 10.1 Å². The number of amides is 1. The van der Waals surface area contributed by atoms with Crippen LogP contribution in [0.25, 0.3) is 0 Å². The molecule has 0 aliphatic rings. The topological polar surface area (TPSA) is 92.8 Å². The van der Waals surface area contributed by atoms with Gasteiger partial charge in [0.1, 0.15) is 31.3 Å². The average Bonchev–Trinajstić information content (AvgIpc) is 2.92. The molecule has 0 fully saturated rings. The Morgan fingerprint density at radius 1 is 1.40 bits per heavy atom. The summed E-state index contributed by atoms with van der Waals surface area (Å²) in [5.74, 6) is 0.644. The van der Waals surface area contributed by atoms with E-state index in [9.17, 15) is 4.79 Å². The van der Waals surface area contributed by atoms with E-state index in [1.165, 1.54) is 10.9 Å². The summed E-state index contributed by atoms with van der Waals surface area (Å²) in [6, 6.07) is 11.2. The molecule has 2 aromatic rings. The van der Waals surface area contributed by atoms with E-state index in [4.69, 9.17) is 10.00 Å². The van der Waals surface area contributed by atoms with E-state index in [0.29, 0.717) is 13.2 Å². The fourth-order valence-corrected chi connectivity index (χ4v) is 1.54. The predicted octanol–water partition coefficient (Wildman–Crippen LogP) is 0.345. The third-order valence-corrected chi connectivity index (χ3v) is 2.47. The Labute approximate surface area is 115 Å². The maximum Gasteiger partial charge on any atom is 0.240 e. The van der Waals surface area contributed by atoms with Crippen molar-refractivity contribution in [3.05, 3.63) is 42.5 Å². The molecule has 0 unspecified atom stereocenters. The first kappa shape index (κ1) is 13.5. The molecule has 2 rings (SSSR count). The van der Waals surface area contributed by atoms with Gasteiger partial charge in [0, 0.05) is 0 Å². The first-order valence-corrected chi connectivity index (χ1v) is 6.02. The van der Waals surface area contributed by atoms with E-state index in [0.717, 1.165) is 5.75 Å². The summed E-state index contributed by atoms with van der Waals surface area (Å²) in [5, 5.41) is 18.6. The molecule has 0 saturated carbocycles. The quantitative estimate of drug-likeness (QED) is 0.765. The van der Waals surface area contributed by atoms with Gasteiger partial charge in [-0.25, -0.2) is 0 Å². The molecule has 1 aromatic heterocycles. The third-order valence-electron chi connectivity index (χ3n) is 2.47. The second-order valence-electron chi connectivity index (χ2n) is 3.91. The summed E-state index contributed by atoms with van der Waals surface area (Å²) in [7, 11) is 0. The number of ether oxygens (including phenoxy) is 1. The number of carbonyl (C=O) groups is 1. The van der Waals surface area contributed by atoms with E-state index in [2.05, 4.69) is 15.5 Å². The summed E-state index contributed by atoms with van der Waals surface area (Å²) in [6.45, 7) is 0.780. The molecular weight excluding hydrogens is 258 g/mol. The van der Waals surface area contributed by atoms with E-state index in [1.807, 2.05) is 36.4 Å². The van der Waals surface area contributed by atoms with Gasteiger partial charge in [0.15, 0.2) is 0 Å².